The maximum absolute atomic E-state index is 14.7. The first kappa shape index (κ1) is 19.4. The van der Waals surface area contributed by atoms with Gasteiger partial charge in [-0.25, -0.2) is 18.2 Å². The van der Waals surface area contributed by atoms with Gasteiger partial charge in [0.15, 0.2) is 0 Å². The van der Waals surface area contributed by atoms with Gasteiger partial charge in [0.2, 0.25) is 0 Å². The second-order valence-electron chi connectivity index (χ2n) is 6.94. The molecule has 2 heterocycles. The predicted molar refractivity (Wildman–Crippen MR) is 103 cm³/mol. The number of benzene rings is 2. The van der Waals surface area contributed by atoms with E-state index in [1.54, 1.807) is 16.3 Å². The van der Waals surface area contributed by atoms with E-state index in [-0.39, 0.29) is 11.1 Å². The molecule has 0 saturated carbocycles. The molecular weight excluding hydrogens is 403 g/mol. The van der Waals surface area contributed by atoms with E-state index in [0.29, 0.717) is 28.7 Å². The first-order valence-electron chi connectivity index (χ1n) is 8.96. The summed E-state index contributed by atoms with van der Waals surface area (Å²) in [6.45, 7) is 3.93. The highest BCUT2D eigenvalue weighted by atomic mass is 35.5. The van der Waals surface area contributed by atoms with Crippen molar-refractivity contribution in [2.45, 2.75) is 32.4 Å². The van der Waals surface area contributed by atoms with Gasteiger partial charge >= 0.3 is 0 Å². The Morgan fingerprint density at radius 2 is 1.90 bits per heavy atom. The van der Waals surface area contributed by atoms with Crippen LogP contribution in [0, 0.1) is 24.4 Å². The number of nitrogens with zero attached hydrogens (tertiary/aromatic N) is 5. The lowest BCUT2D eigenvalue weighted by Gasteiger charge is -2.26. The Kier molecular flexibility index (Phi) is 5.04. The lowest BCUT2D eigenvalue weighted by molar-refractivity contribution is 0.356. The second-order valence-corrected chi connectivity index (χ2v) is 7.35. The van der Waals surface area contributed by atoms with E-state index in [9.17, 15) is 13.2 Å². The van der Waals surface area contributed by atoms with Crippen molar-refractivity contribution in [3.8, 4) is 0 Å². The molecule has 150 valence electrons. The molecule has 2 aromatic carbocycles. The van der Waals surface area contributed by atoms with Crippen molar-refractivity contribution in [1.29, 1.82) is 0 Å². The molecule has 0 fully saturated rings. The van der Waals surface area contributed by atoms with E-state index < -0.39 is 23.4 Å². The fourth-order valence-corrected chi connectivity index (χ4v) is 3.77. The molecule has 29 heavy (non-hydrogen) atoms. The first-order valence-corrected chi connectivity index (χ1v) is 9.34. The molecule has 0 aliphatic carbocycles. The fraction of sp³-hybridized carbons (Fsp3) is 0.250. The summed E-state index contributed by atoms with van der Waals surface area (Å²) in [7, 11) is 0. The van der Waals surface area contributed by atoms with Crippen LogP contribution >= 0.6 is 11.6 Å². The van der Waals surface area contributed by atoms with Crippen LogP contribution in [-0.4, -0.2) is 24.5 Å². The minimum absolute atomic E-state index is 0.0216. The average Bonchev–Trinajstić information content (AvgIpc) is 3.29. The van der Waals surface area contributed by atoms with Gasteiger partial charge in [-0.1, -0.05) is 17.7 Å². The van der Waals surface area contributed by atoms with Crippen molar-refractivity contribution in [3.05, 3.63) is 76.7 Å². The summed E-state index contributed by atoms with van der Waals surface area (Å²) in [6.07, 6.45) is 2.92. The topological polar surface area (TPSA) is 48.5 Å². The lowest BCUT2D eigenvalue weighted by Crippen LogP contribution is -2.22. The lowest BCUT2D eigenvalue weighted by atomic mass is 9.91. The number of aromatic nitrogens is 5. The van der Waals surface area contributed by atoms with Crippen LogP contribution in [0.1, 0.15) is 30.1 Å². The summed E-state index contributed by atoms with van der Waals surface area (Å²) >= 11 is 5.99. The molecule has 2 aromatic heterocycles. The van der Waals surface area contributed by atoms with Gasteiger partial charge in [0.05, 0.1) is 28.8 Å². The van der Waals surface area contributed by atoms with Crippen LogP contribution in [0.4, 0.5) is 13.2 Å². The zero-order valence-electron chi connectivity index (χ0n) is 15.7. The highest BCUT2D eigenvalue weighted by molar-refractivity contribution is 6.31. The van der Waals surface area contributed by atoms with Crippen molar-refractivity contribution < 1.29 is 13.2 Å². The number of hydrogen-bond acceptors (Lipinski definition) is 3. The molecule has 0 aliphatic rings. The predicted octanol–water partition coefficient (Wildman–Crippen LogP) is 5.05. The van der Waals surface area contributed by atoms with E-state index in [2.05, 4.69) is 15.2 Å². The average molecular weight is 420 g/mol. The number of aryl methyl sites for hydroxylation is 1. The molecule has 0 spiro atoms. The Morgan fingerprint density at radius 1 is 1.10 bits per heavy atom. The highest BCUT2D eigenvalue weighted by Gasteiger charge is 2.27. The fourth-order valence-electron chi connectivity index (χ4n) is 3.61. The number of fused-ring (bicyclic) bond motifs is 1. The molecule has 4 rings (SSSR count). The summed E-state index contributed by atoms with van der Waals surface area (Å²) in [5.74, 6) is -2.29. The van der Waals surface area contributed by atoms with Crippen molar-refractivity contribution in [2.75, 3.05) is 0 Å². The first-order chi connectivity index (χ1) is 13.8. The number of rotatable bonds is 5. The van der Waals surface area contributed by atoms with Crippen LogP contribution in [-0.2, 0) is 6.54 Å². The Morgan fingerprint density at radius 3 is 2.59 bits per heavy atom. The van der Waals surface area contributed by atoms with Crippen LogP contribution in [0.2, 0.25) is 5.02 Å². The van der Waals surface area contributed by atoms with E-state index in [1.807, 2.05) is 6.92 Å². The largest absolute Gasteiger partial charge is 0.261 e. The molecule has 5 nitrogen and oxygen atoms in total. The van der Waals surface area contributed by atoms with E-state index in [0.717, 1.165) is 6.07 Å². The van der Waals surface area contributed by atoms with Gasteiger partial charge in [-0.2, -0.15) is 10.2 Å². The van der Waals surface area contributed by atoms with E-state index in [4.69, 9.17) is 11.6 Å². The maximum Gasteiger partial charge on any atom is 0.142 e. The Bertz CT molecular complexity index is 1170. The highest BCUT2D eigenvalue weighted by Crippen LogP contribution is 2.35. The summed E-state index contributed by atoms with van der Waals surface area (Å²) in [5.41, 5.74) is 1.58. The molecule has 0 saturated heterocycles. The summed E-state index contributed by atoms with van der Waals surface area (Å²) in [4.78, 5) is 3.93. The Labute approximate surface area is 169 Å². The molecule has 0 radical (unpaired) electrons. The monoisotopic (exact) mass is 419 g/mol. The number of halogens is 4. The molecule has 0 N–H and O–H groups in total. The zero-order valence-corrected chi connectivity index (χ0v) is 16.4. The van der Waals surface area contributed by atoms with Crippen molar-refractivity contribution in [3.63, 3.8) is 0 Å². The zero-order chi connectivity index (χ0) is 20.7. The van der Waals surface area contributed by atoms with Gasteiger partial charge < -0.3 is 0 Å². The Balaban J connectivity index is 1.84. The smallest absolute Gasteiger partial charge is 0.142 e. The molecule has 0 unspecified atom stereocenters. The van der Waals surface area contributed by atoms with Crippen LogP contribution in [0.3, 0.4) is 0 Å². The normalized spacial score (nSPS) is 13.7. The van der Waals surface area contributed by atoms with E-state index in [1.165, 1.54) is 36.9 Å². The van der Waals surface area contributed by atoms with Gasteiger partial charge in [0, 0.05) is 17.4 Å². The Hall–Kier alpha value is -2.87. The van der Waals surface area contributed by atoms with Crippen LogP contribution < -0.4 is 0 Å². The standard InChI is InChI=1S/C20H17ClF3N5/c1-11-15-6-19(24)17(21)7-20(15)29(27-11)12(2)16(8-28-10-25-9-26-28)14-4-3-13(22)5-18(14)23/h3-7,9-10,12,16H,8H2,1-2H3/t12-,16-/m1/s1. The minimum atomic E-state index is -0.653. The van der Waals surface area contributed by atoms with Gasteiger partial charge in [0.25, 0.3) is 0 Å². The van der Waals surface area contributed by atoms with Gasteiger partial charge in [-0.3, -0.25) is 9.36 Å². The van der Waals surface area contributed by atoms with E-state index >= 15 is 0 Å². The van der Waals surface area contributed by atoms with Gasteiger partial charge in [0.1, 0.15) is 30.1 Å². The quantitative estimate of drug-likeness (QED) is 0.454. The van der Waals surface area contributed by atoms with Crippen molar-refractivity contribution >= 4 is 22.5 Å². The minimum Gasteiger partial charge on any atom is -0.261 e. The SMILES string of the molecule is Cc1nn([C@H](C)[C@@H](Cn2cncn2)c2ccc(F)cc2F)c2cc(Cl)c(F)cc12. The van der Waals surface area contributed by atoms with Gasteiger partial charge in [-0.05, 0) is 37.6 Å². The molecule has 4 aromatic rings. The second kappa shape index (κ2) is 7.51. The molecule has 0 aliphatic heterocycles. The summed E-state index contributed by atoms with van der Waals surface area (Å²) in [6, 6.07) is 5.97. The van der Waals surface area contributed by atoms with Crippen LogP contribution in [0.5, 0.6) is 0 Å². The van der Waals surface area contributed by atoms with Crippen molar-refractivity contribution in [1.82, 2.24) is 24.5 Å². The maximum atomic E-state index is 14.7. The van der Waals surface area contributed by atoms with Crippen molar-refractivity contribution in [2.24, 2.45) is 0 Å². The molecule has 0 amide bonds. The third kappa shape index (κ3) is 3.60. The molecule has 0 bridgehead atoms. The van der Waals surface area contributed by atoms with Crippen LogP contribution in [0.25, 0.3) is 10.9 Å². The molecule has 9 heteroatoms. The van der Waals surface area contributed by atoms with Crippen LogP contribution in [0.15, 0.2) is 43.0 Å². The number of hydrogen-bond donors (Lipinski definition) is 0. The molecular formula is C20H17ClF3N5. The molecule has 2 atom stereocenters. The van der Waals surface area contributed by atoms with Gasteiger partial charge in [-0.15, -0.1) is 0 Å². The summed E-state index contributed by atoms with van der Waals surface area (Å²) < 4.78 is 45.3. The summed E-state index contributed by atoms with van der Waals surface area (Å²) in [5, 5.41) is 9.25. The third-order valence-corrected chi connectivity index (χ3v) is 5.40. The third-order valence-electron chi connectivity index (χ3n) is 5.11.